The van der Waals surface area contributed by atoms with E-state index in [2.05, 4.69) is 14.6 Å². The number of fused-ring (bicyclic) bond motifs is 1. The number of hydrazone groups is 1. The van der Waals surface area contributed by atoms with Crippen molar-refractivity contribution < 1.29 is 8.42 Å². The minimum Gasteiger partial charge on any atom is -0.246 e. The van der Waals surface area contributed by atoms with Gasteiger partial charge in [-0.1, -0.05) is 23.7 Å². The van der Waals surface area contributed by atoms with Gasteiger partial charge in [0.1, 0.15) is 0 Å². The van der Waals surface area contributed by atoms with E-state index in [9.17, 15) is 8.42 Å². The highest BCUT2D eigenvalue weighted by molar-refractivity contribution is 7.90. The first kappa shape index (κ1) is 15.1. The van der Waals surface area contributed by atoms with Gasteiger partial charge >= 0.3 is 0 Å². The van der Waals surface area contributed by atoms with Gasteiger partial charge in [-0.25, -0.2) is 18.1 Å². The van der Waals surface area contributed by atoms with Crippen LogP contribution in [0.3, 0.4) is 0 Å². The summed E-state index contributed by atoms with van der Waals surface area (Å²) in [5, 5.41) is 10.5. The van der Waals surface area contributed by atoms with Crippen LogP contribution in [0.1, 0.15) is 5.56 Å². The van der Waals surface area contributed by atoms with Gasteiger partial charge in [0.15, 0.2) is 5.84 Å². The summed E-state index contributed by atoms with van der Waals surface area (Å²) in [7, 11) is -3.44. The molecule has 0 N–H and O–H groups in total. The average molecular weight is 362 g/mol. The fourth-order valence-corrected chi connectivity index (χ4v) is 3.64. The topological polar surface area (TPSA) is 79.9 Å². The molecule has 3 heterocycles. The minimum atomic E-state index is -3.44. The van der Waals surface area contributed by atoms with Gasteiger partial charge < -0.3 is 0 Å². The maximum absolute atomic E-state index is 11.8. The zero-order chi connectivity index (χ0) is 16.7. The molecule has 0 aliphatic carbocycles. The number of aromatic nitrogens is 2. The Balaban J connectivity index is 1.72. The molecule has 0 amide bonds. The molecular weight excluding hydrogens is 350 g/mol. The monoisotopic (exact) mass is 361 g/mol. The Bertz CT molecular complexity index is 989. The second-order valence-electron chi connectivity index (χ2n) is 5.32. The summed E-state index contributed by atoms with van der Waals surface area (Å²) in [6, 6.07) is 7.54. The Kier molecular flexibility index (Phi) is 3.50. The fraction of sp³-hybridized carbons (Fsp3) is 0.133. The summed E-state index contributed by atoms with van der Waals surface area (Å²) in [5.41, 5.74) is 2.42. The zero-order valence-corrected chi connectivity index (χ0v) is 13.9. The SMILES string of the molecule is O=S1(=O)CCN2N=CC=C(c3ccc(-n4cc(Cl)cn4)cc3)C2=N1. The summed E-state index contributed by atoms with van der Waals surface area (Å²) in [6.45, 7) is 0.304. The van der Waals surface area contributed by atoms with Gasteiger partial charge in [0.2, 0.25) is 0 Å². The third kappa shape index (κ3) is 2.74. The Morgan fingerprint density at radius 1 is 1.17 bits per heavy atom. The van der Waals surface area contributed by atoms with E-state index in [1.54, 1.807) is 34.4 Å². The maximum Gasteiger partial charge on any atom is 0.256 e. The van der Waals surface area contributed by atoms with E-state index in [0.29, 0.717) is 17.4 Å². The molecule has 122 valence electrons. The molecule has 2 aliphatic rings. The van der Waals surface area contributed by atoms with Crippen LogP contribution >= 0.6 is 11.6 Å². The lowest BCUT2D eigenvalue weighted by Gasteiger charge is -2.27. The fourth-order valence-electron chi connectivity index (χ4n) is 2.56. The van der Waals surface area contributed by atoms with Crippen LogP contribution in [0.15, 0.2) is 52.2 Å². The molecular formula is C15H12ClN5O2S. The third-order valence-electron chi connectivity index (χ3n) is 3.71. The summed E-state index contributed by atoms with van der Waals surface area (Å²) in [5.74, 6) is 0.332. The Hall–Kier alpha value is -2.45. The highest BCUT2D eigenvalue weighted by Gasteiger charge is 2.28. The Morgan fingerprint density at radius 2 is 1.96 bits per heavy atom. The highest BCUT2D eigenvalue weighted by atomic mass is 35.5. The quantitative estimate of drug-likeness (QED) is 0.818. The number of benzene rings is 1. The normalized spacial score (nSPS) is 18.8. The lowest BCUT2D eigenvalue weighted by atomic mass is 10.0. The van der Waals surface area contributed by atoms with Crippen molar-refractivity contribution in [3.63, 3.8) is 0 Å². The average Bonchev–Trinajstić information content (AvgIpc) is 3.00. The zero-order valence-electron chi connectivity index (χ0n) is 12.4. The maximum atomic E-state index is 11.8. The van der Waals surface area contributed by atoms with Crippen LogP contribution in [-0.2, 0) is 10.0 Å². The molecule has 4 rings (SSSR count). The van der Waals surface area contributed by atoms with Crippen molar-refractivity contribution in [1.29, 1.82) is 0 Å². The standard InChI is InChI=1S/C15H12ClN5O2S/c16-12-9-18-21(10-12)13-3-1-11(2-4-13)14-5-6-17-20-7-8-24(22,23)19-15(14)20/h1-6,9-10H,7-8H2. The number of hydrogen-bond donors (Lipinski definition) is 0. The van der Waals surface area contributed by atoms with Gasteiger partial charge in [-0.05, 0) is 23.8 Å². The molecule has 0 saturated heterocycles. The predicted molar refractivity (Wildman–Crippen MR) is 93.0 cm³/mol. The van der Waals surface area contributed by atoms with Gasteiger partial charge in [-0.2, -0.15) is 10.2 Å². The molecule has 0 radical (unpaired) electrons. The molecule has 2 aromatic rings. The van der Waals surface area contributed by atoms with E-state index in [0.717, 1.165) is 16.8 Å². The van der Waals surface area contributed by atoms with Gasteiger partial charge in [-0.3, -0.25) is 0 Å². The summed E-state index contributed by atoms with van der Waals surface area (Å²) in [4.78, 5) is 0. The van der Waals surface area contributed by atoms with Crippen LogP contribution < -0.4 is 0 Å². The van der Waals surface area contributed by atoms with Crippen molar-refractivity contribution >= 4 is 39.2 Å². The first-order valence-electron chi connectivity index (χ1n) is 7.18. The predicted octanol–water partition coefficient (Wildman–Crippen LogP) is 1.95. The van der Waals surface area contributed by atoms with Gasteiger partial charge in [-0.15, -0.1) is 4.40 Å². The van der Waals surface area contributed by atoms with E-state index >= 15 is 0 Å². The van der Waals surface area contributed by atoms with E-state index in [1.807, 2.05) is 24.3 Å². The van der Waals surface area contributed by atoms with Crippen LogP contribution in [-0.4, -0.2) is 47.6 Å². The largest absolute Gasteiger partial charge is 0.256 e. The molecule has 0 bridgehead atoms. The number of halogens is 1. The van der Waals surface area contributed by atoms with E-state index in [1.165, 1.54) is 0 Å². The number of sulfonamides is 1. The van der Waals surface area contributed by atoms with Crippen LogP contribution in [0, 0.1) is 0 Å². The van der Waals surface area contributed by atoms with Crippen LogP contribution in [0.2, 0.25) is 5.02 Å². The van der Waals surface area contributed by atoms with Crippen molar-refractivity contribution in [3.05, 3.63) is 53.3 Å². The Labute approximate surface area is 143 Å². The molecule has 0 fully saturated rings. The highest BCUT2D eigenvalue weighted by Crippen LogP contribution is 2.25. The summed E-state index contributed by atoms with van der Waals surface area (Å²) >= 11 is 5.88. The van der Waals surface area contributed by atoms with Crippen molar-refractivity contribution in [3.8, 4) is 5.69 Å². The molecule has 0 spiro atoms. The molecule has 2 aliphatic heterocycles. The number of hydrogen-bond acceptors (Lipinski definition) is 5. The second-order valence-corrected chi connectivity index (χ2v) is 7.51. The van der Waals surface area contributed by atoms with Gasteiger partial charge in [0, 0.05) is 18.0 Å². The van der Waals surface area contributed by atoms with Crippen molar-refractivity contribution in [2.24, 2.45) is 9.50 Å². The molecule has 24 heavy (non-hydrogen) atoms. The second kappa shape index (κ2) is 5.57. The third-order valence-corrected chi connectivity index (χ3v) is 5.06. The molecule has 1 aromatic carbocycles. The molecule has 0 unspecified atom stereocenters. The number of allylic oxidation sites excluding steroid dienone is 1. The molecule has 0 saturated carbocycles. The van der Waals surface area contributed by atoms with Crippen molar-refractivity contribution in [1.82, 2.24) is 14.8 Å². The first-order valence-corrected chi connectivity index (χ1v) is 9.16. The molecule has 1 aromatic heterocycles. The Morgan fingerprint density at radius 3 is 2.67 bits per heavy atom. The van der Waals surface area contributed by atoms with Crippen molar-refractivity contribution in [2.45, 2.75) is 0 Å². The first-order chi connectivity index (χ1) is 11.5. The molecule has 0 atom stereocenters. The van der Waals surface area contributed by atoms with Crippen LogP contribution in [0.25, 0.3) is 11.3 Å². The van der Waals surface area contributed by atoms with E-state index in [-0.39, 0.29) is 5.75 Å². The van der Waals surface area contributed by atoms with Crippen molar-refractivity contribution in [2.75, 3.05) is 12.3 Å². The molecule has 7 nitrogen and oxygen atoms in total. The van der Waals surface area contributed by atoms with Crippen LogP contribution in [0.5, 0.6) is 0 Å². The number of rotatable bonds is 2. The van der Waals surface area contributed by atoms with Gasteiger partial charge in [0.05, 0.1) is 29.2 Å². The van der Waals surface area contributed by atoms with Gasteiger partial charge in [0.25, 0.3) is 10.0 Å². The summed E-state index contributed by atoms with van der Waals surface area (Å²) < 4.78 is 29.2. The molecule has 9 heteroatoms. The minimum absolute atomic E-state index is 0.0277. The lowest BCUT2D eigenvalue weighted by Crippen LogP contribution is -2.38. The number of amidine groups is 1. The smallest absolute Gasteiger partial charge is 0.246 e. The number of nitrogens with zero attached hydrogens (tertiary/aromatic N) is 5. The lowest BCUT2D eigenvalue weighted by molar-refractivity contribution is 0.464. The van der Waals surface area contributed by atoms with E-state index in [4.69, 9.17) is 11.6 Å². The summed E-state index contributed by atoms with van der Waals surface area (Å²) in [6.07, 6.45) is 6.68. The van der Waals surface area contributed by atoms with E-state index < -0.39 is 10.0 Å². The van der Waals surface area contributed by atoms with Crippen LogP contribution in [0.4, 0.5) is 0 Å².